The fourth-order valence-electron chi connectivity index (χ4n) is 1.06. The van der Waals surface area contributed by atoms with Crippen LogP contribution in [0.15, 0.2) is 35.2 Å². The van der Waals surface area contributed by atoms with Crippen LogP contribution >= 0.6 is 0 Å². The molecule has 0 spiro atoms. The van der Waals surface area contributed by atoms with Gasteiger partial charge in [-0.05, 0) is 18.6 Å². The highest BCUT2D eigenvalue weighted by molar-refractivity contribution is 7.84. The zero-order valence-electron chi connectivity index (χ0n) is 9.28. The van der Waals surface area contributed by atoms with Crippen molar-refractivity contribution in [1.29, 1.82) is 0 Å². The Hall–Kier alpha value is -0.890. The summed E-state index contributed by atoms with van der Waals surface area (Å²) in [7, 11) is -0.893. The van der Waals surface area contributed by atoms with E-state index in [0.717, 1.165) is 10.5 Å². The molecule has 0 aliphatic rings. The van der Waals surface area contributed by atoms with Crippen molar-refractivity contribution in [2.24, 2.45) is 0 Å². The second kappa shape index (κ2) is 7.51. The third-order valence-electron chi connectivity index (χ3n) is 1.57. The summed E-state index contributed by atoms with van der Waals surface area (Å²) in [6.45, 7) is 5.95. The first-order chi connectivity index (χ1) is 6.75. The lowest BCUT2D eigenvalue weighted by atomic mass is 10.2. The van der Waals surface area contributed by atoms with Crippen LogP contribution in [0.5, 0.6) is 0 Å². The Bertz CT molecular complexity index is 316. The minimum atomic E-state index is -0.893. The number of benzene rings is 1. The second-order valence-corrected chi connectivity index (χ2v) is 3.84. The summed E-state index contributed by atoms with van der Waals surface area (Å²) >= 11 is 0. The molecule has 1 aromatic carbocycles. The largest absolute Gasteiger partial charge is 0.255 e. The van der Waals surface area contributed by atoms with Gasteiger partial charge in [0.25, 0.3) is 0 Å². The van der Waals surface area contributed by atoms with Crippen molar-refractivity contribution in [3.8, 4) is 0 Å². The van der Waals surface area contributed by atoms with Gasteiger partial charge in [0.05, 0.1) is 10.8 Å². The molecule has 0 N–H and O–H groups in total. The Kier molecular flexibility index (Phi) is 7.03. The lowest BCUT2D eigenvalue weighted by Crippen LogP contribution is -1.90. The zero-order chi connectivity index (χ0) is 11.0. The van der Waals surface area contributed by atoms with Crippen molar-refractivity contribution in [3.63, 3.8) is 0 Å². The summed E-state index contributed by atoms with van der Waals surface area (Å²) in [5.41, 5.74) is 1.04. The van der Waals surface area contributed by atoms with Crippen LogP contribution in [0.4, 0.5) is 0 Å². The highest BCUT2D eigenvalue weighted by atomic mass is 32.2. The first kappa shape index (κ1) is 13.1. The number of rotatable bonds is 2. The Morgan fingerprint density at radius 3 is 2.29 bits per heavy atom. The van der Waals surface area contributed by atoms with Crippen LogP contribution in [0.25, 0.3) is 6.08 Å². The van der Waals surface area contributed by atoms with Gasteiger partial charge in [-0.15, -0.1) is 0 Å². The SMILES string of the molecule is C/C=C/c1ccccc1S(C)=O.CC. The molecule has 0 aliphatic heterocycles. The standard InChI is InChI=1S/C10H12OS.C2H6/c1-3-6-9-7-4-5-8-10(9)12(2)11;1-2/h3-8H,1-2H3;1-2H3/b6-3+;. The first-order valence-corrected chi connectivity index (χ1v) is 6.36. The van der Waals surface area contributed by atoms with Crippen LogP contribution in [0.1, 0.15) is 26.3 Å². The maximum absolute atomic E-state index is 11.2. The molecule has 78 valence electrons. The molecule has 0 heterocycles. The lowest BCUT2D eigenvalue weighted by molar-refractivity contribution is 0.686. The molecule has 0 saturated heterocycles. The Morgan fingerprint density at radius 1 is 1.21 bits per heavy atom. The summed E-state index contributed by atoms with van der Waals surface area (Å²) < 4.78 is 11.2. The lowest BCUT2D eigenvalue weighted by Gasteiger charge is -2.00. The van der Waals surface area contributed by atoms with Crippen LogP contribution in [0.2, 0.25) is 0 Å². The van der Waals surface area contributed by atoms with Gasteiger partial charge in [0, 0.05) is 11.2 Å². The fraction of sp³-hybridized carbons (Fsp3) is 0.333. The molecule has 2 heteroatoms. The van der Waals surface area contributed by atoms with Gasteiger partial charge in [-0.25, -0.2) is 0 Å². The monoisotopic (exact) mass is 210 g/mol. The van der Waals surface area contributed by atoms with Crippen molar-refractivity contribution in [2.75, 3.05) is 6.26 Å². The quantitative estimate of drug-likeness (QED) is 0.730. The van der Waals surface area contributed by atoms with Crippen molar-refractivity contribution in [3.05, 3.63) is 35.9 Å². The topological polar surface area (TPSA) is 17.1 Å². The van der Waals surface area contributed by atoms with Crippen molar-refractivity contribution >= 4 is 16.9 Å². The fourth-order valence-corrected chi connectivity index (χ4v) is 1.80. The normalized spacial score (nSPS) is 12.0. The number of hydrogen-bond donors (Lipinski definition) is 0. The van der Waals surface area contributed by atoms with Gasteiger partial charge in [-0.1, -0.05) is 44.2 Å². The first-order valence-electron chi connectivity index (χ1n) is 4.81. The van der Waals surface area contributed by atoms with Crippen molar-refractivity contribution in [1.82, 2.24) is 0 Å². The van der Waals surface area contributed by atoms with Crippen LogP contribution < -0.4 is 0 Å². The molecule has 1 atom stereocenters. The predicted octanol–water partition coefficient (Wildman–Crippen LogP) is 3.48. The van der Waals surface area contributed by atoms with Gasteiger partial charge in [0.1, 0.15) is 0 Å². The zero-order valence-corrected chi connectivity index (χ0v) is 10.1. The third kappa shape index (κ3) is 3.88. The van der Waals surface area contributed by atoms with E-state index in [1.807, 2.05) is 57.2 Å². The van der Waals surface area contributed by atoms with E-state index >= 15 is 0 Å². The van der Waals surface area contributed by atoms with Crippen LogP contribution in [0, 0.1) is 0 Å². The third-order valence-corrected chi connectivity index (χ3v) is 2.57. The highest BCUT2D eigenvalue weighted by Gasteiger charge is 2.00. The molecule has 1 rings (SSSR count). The van der Waals surface area contributed by atoms with E-state index in [-0.39, 0.29) is 0 Å². The van der Waals surface area contributed by atoms with Crippen LogP contribution in [0.3, 0.4) is 0 Å². The van der Waals surface area contributed by atoms with Crippen molar-refractivity contribution in [2.45, 2.75) is 25.7 Å². The molecule has 0 aromatic heterocycles. The molecule has 14 heavy (non-hydrogen) atoms. The van der Waals surface area contributed by atoms with Gasteiger partial charge in [-0.3, -0.25) is 4.21 Å². The molecule has 0 aliphatic carbocycles. The number of allylic oxidation sites excluding steroid dienone is 1. The molecule has 1 nitrogen and oxygen atoms in total. The molecular formula is C12H18OS. The molecule has 0 amide bonds. The van der Waals surface area contributed by atoms with Gasteiger partial charge < -0.3 is 0 Å². The minimum Gasteiger partial charge on any atom is -0.255 e. The average molecular weight is 210 g/mol. The van der Waals surface area contributed by atoms with E-state index in [2.05, 4.69) is 0 Å². The highest BCUT2D eigenvalue weighted by Crippen LogP contribution is 2.13. The molecule has 0 fully saturated rings. The van der Waals surface area contributed by atoms with E-state index in [1.165, 1.54) is 0 Å². The van der Waals surface area contributed by atoms with E-state index in [1.54, 1.807) is 6.26 Å². The second-order valence-electron chi connectivity index (χ2n) is 2.49. The van der Waals surface area contributed by atoms with Gasteiger partial charge in [0.15, 0.2) is 0 Å². The van der Waals surface area contributed by atoms with Crippen LogP contribution in [-0.2, 0) is 10.8 Å². The van der Waals surface area contributed by atoms with Gasteiger partial charge >= 0.3 is 0 Å². The summed E-state index contributed by atoms with van der Waals surface area (Å²) in [6.07, 6.45) is 5.62. The van der Waals surface area contributed by atoms with Crippen LogP contribution in [-0.4, -0.2) is 10.5 Å². The molecule has 1 unspecified atom stereocenters. The van der Waals surface area contributed by atoms with E-state index < -0.39 is 10.8 Å². The van der Waals surface area contributed by atoms with Gasteiger partial charge in [0.2, 0.25) is 0 Å². The average Bonchev–Trinajstić information content (AvgIpc) is 2.22. The summed E-state index contributed by atoms with van der Waals surface area (Å²) in [4.78, 5) is 0.899. The molecule has 0 saturated carbocycles. The Balaban J connectivity index is 0.000000791. The summed E-state index contributed by atoms with van der Waals surface area (Å²) in [5.74, 6) is 0. The smallest absolute Gasteiger partial charge is 0.0504 e. The minimum absolute atomic E-state index is 0.893. The Labute approximate surface area is 89.3 Å². The van der Waals surface area contributed by atoms with Gasteiger partial charge in [-0.2, -0.15) is 0 Å². The van der Waals surface area contributed by atoms with E-state index in [9.17, 15) is 4.21 Å². The summed E-state index contributed by atoms with van der Waals surface area (Å²) in [5, 5.41) is 0. The molecule has 1 aromatic rings. The molecular weight excluding hydrogens is 192 g/mol. The number of hydrogen-bond acceptors (Lipinski definition) is 1. The maximum Gasteiger partial charge on any atom is 0.0504 e. The van der Waals surface area contributed by atoms with Crippen molar-refractivity contribution < 1.29 is 4.21 Å². The van der Waals surface area contributed by atoms with E-state index in [0.29, 0.717) is 0 Å². The summed E-state index contributed by atoms with van der Waals surface area (Å²) in [6, 6.07) is 7.72. The Morgan fingerprint density at radius 2 is 1.79 bits per heavy atom. The molecule has 0 radical (unpaired) electrons. The molecule has 0 bridgehead atoms. The maximum atomic E-state index is 11.2. The predicted molar refractivity (Wildman–Crippen MR) is 64.8 cm³/mol. The van der Waals surface area contributed by atoms with E-state index in [4.69, 9.17) is 0 Å².